The molecule has 0 saturated heterocycles. The van der Waals surface area contributed by atoms with Gasteiger partial charge in [0.2, 0.25) is 0 Å². The highest BCUT2D eigenvalue weighted by molar-refractivity contribution is 5.42. The first-order valence-electron chi connectivity index (χ1n) is 7.76. The van der Waals surface area contributed by atoms with Crippen LogP contribution in [0.4, 0.5) is 0 Å². The van der Waals surface area contributed by atoms with Crippen molar-refractivity contribution in [3.8, 4) is 0 Å². The highest BCUT2D eigenvalue weighted by Crippen LogP contribution is 2.58. The maximum atomic E-state index is 10.6. The Morgan fingerprint density at radius 1 is 1.32 bits per heavy atom. The first-order chi connectivity index (χ1) is 9.01. The number of aliphatic hydroxyl groups is 2. The van der Waals surface area contributed by atoms with Crippen LogP contribution in [0, 0.1) is 11.3 Å². The number of rotatable bonds is 1. The van der Waals surface area contributed by atoms with Gasteiger partial charge in [0, 0.05) is 5.41 Å². The summed E-state index contributed by atoms with van der Waals surface area (Å²) < 4.78 is 0. The second-order valence-electron chi connectivity index (χ2n) is 6.95. The van der Waals surface area contributed by atoms with Crippen LogP contribution in [0.1, 0.15) is 58.8 Å². The third-order valence-electron chi connectivity index (χ3n) is 6.06. The molecule has 0 radical (unpaired) electrons. The molecule has 2 heteroatoms. The largest absolute Gasteiger partial charge is 0.393 e. The summed E-state index contributed by atoms with van der Waals surface area (Å²) in [5, 5.41) is 20.1. The maximum absolute atomic E-state index is 10.6. The molecule has 19 heavy (non-hydrogen) atoms. The van der Waals surface area contributed by atoms with E-state index in [9.17, 15) is 10.2 Å². The molecule has 0 heterocycles. The van der Waals surface area contributed by atoms with Gasteiger partial charge in [0.25, 0.3) is 0 Å². The minimum atomic E-state index is -0.961. The summed E-state index contributed by atoms with van der Waals surface area (Å²) in [6, 6.07) is 0. The molecule has 0 amide bonds. The lowest BCUT2D eigenvalue weighted by molar-refractivity contribution is -0.00893. The van der Waals surface area contributed by atoms with Crippen molar-refractivity contribution in [3.05, 3.63) is 22.8 Å². The van der Waals surface area contributed by atoms with Gasteiger partial charge in [0.05, 0.1) is 6.61 Å². The van der Waals surface area contributed by atoms with Crippen molar-refractivity contribution in [2.75, 3.05) is 6.61 Å². The molecule has 0 spiro atoms. The zero-order chi connectivity index (χ0) is 13.7. The molecule has 3 rings (SSSR count). The van der Waals surface area contributed by atoms with Crippen LogP contribution in [-0.4, -0.2) is 22.4 Å². The summed E-state index contributed by atoms with van der Waals surface area (Å²) in [6.07, 6.45) is 10.4. The molecule has 2 N–H and O–H groups in total. The lowest BCUT2D eigenvalue weighted by Gasteiger charge is -2.51. The van der Waals surface area contributed by atoms with Gasteiger partial charge in [-0.15, -0.1) is 0 Å². The zero-order valence-electron chi connectivity index (χ0n) is 12.2. The van der Waals surface area contributed by atoms with E-state index in [0.29, 0.717) is 6.42 Å². The van der Waals surface area contributed by atoms with Crippen molar-refractivity contribution >= 4 is 0 Å². The van der Waals surface area contributed by atoms with Gasteiger partial charge in [-0.2, -0.15) is 0 Å². The Morgan fingerprint density at radius 3 is 2.84 bits per heavy atom. The minimum absolute atomic E-state index is 0.138. The molecule has 3 atom stereocenters. The lowest BCUT2D eigenvalue weighted by atomic mass is 9.54. The van der Waals surface area contributed by atoms with Crippen molar-refractivity contribution in [1.82, 2.24) is 0 Å². The Kier molecular flexibility index (Phi) is 3.14. The number of aliphatic hydroxyl groups excluding tert-OH is 1. The lowest BCUT2D eigenvalue weighted by Crippen LogP contribution is -2.46. The van der Waals surface area contributed by atoms with Crippen LogP contribution in [0.5, 0.6) is 0 Å². The van der Waals surface area contributed by atoms with E-state index >= 15 is 0 Å². The van der Waals surface area contributed by atoms with Crippen molar-refractivity contribution in [1.29, 1.82) is 0 Å². The predicted molar refractivity (Wildman–Crippen MR) is 76.7 cm³/mol. The van der Waals surface area contributed by atoms with Crippen LogP contribution in [0.3, 0.4) is 0 Å². The van der Waals surface area contributed by atoms with Gasteiger partial charge in [-0.3, -0.25) is 0 Å². The Balaban J connectivity index is 2.07. The summed E-state index contributed by atoms with van der Waals surface area (Å²) in [5.74, 6) is 0.774. The summed E-state index contributed by atoms with van der Waals surface area (Å²) in [4.78, 5) is 0. The first-order valence-corrected chi connectivity index (χ1v) is 7.76. The van der Waals surface area contributed by atoms with Crippen LogP contribution in [0.25, 0.3) is 0 Å². The van der Waals surface area contributed by atoms with Crippen LogP contribution < -0.4 is 0 Å². The molecule has 106 valence electrons. The van der Waals surface area contributed by atoms with Crippen molar-refractivity contribution in [2.45, 2.75) is 64.4 Å². The van der Waals surface area contributed by atoms with E-state index in [0.717, 1.165) is 24.3 Å². The van der Waals surface area contributed by atoms with E-state index in [-0.39, 0.29) is 12.0 Å². The van der Waals surface area contributed by atoms with Gasteiger partial charge < -0.3 is 10.2 Å². The number of hydrogen-bond acceptors (Lipinski definition) is 2. The Morgan fingerprint density at radius 2 is 2.11 bits per heavy atom. The molecule has 2 nitrogen and oxygen atoms in total. The van der Waals surface area contributed by atoms with Crippen LogP contribution in [0.2, 0.25) is 0 Å². The maximum Gasteiger partial charge on any atom is 0.109 e. The molecule has 0 bridgehead atoms. The van der Waals surface area contributed by atoms with Gasteiger partial charge in [-0.25, -0.2) is 0 Å². The van der Waals surface area contributed by atoms with E-state index in [1.807, 2.05) is 6.92 Å². The van der Waals surface area contributed by atoms with Crippen molar-refractivity contribution in [3.63, 3.8) is 0 Å². The third-order valence-corrected chi connectivity index (χ3v) is 6.06. The van der Waals surface area contributed by atoms with Gasteiger partial charge >= 0.3 is 0 Å². The molecule has 3 aliphatic rings. The fourth-order valence-electron chi connectivity index (χ4n) is 4.71. The topological polar surface area (TPSA) is 40.5 Å². The molecule has 3 unspecified atom stereocenters. The molecular weight excluding hydrogens is 236 g/mol. The van der Waals surface area contributed by atoms with E-state index in [2.05, 4.69) is 13.0 Å². The molecule has 1 saturated carbocycles. The van der Waals surface area contributed by atoms with E-state index in [4.69, 9.17) is 0 Å². The van der Waals surface area contributed by atoms with Crippen molar-refractivity contribution in [2.24, 2.45) is 11.3 Å². The van der Waals surface area contributed by atoms with Crippen LogP contribution >= 0.6 is 0 Å². The Hall–Kier alpha value is -0.600. The highest BCUT2D eigenvalue weighted by atomic mass is 16.3. The molecule has 0 aromatic heterocycles. The molecule has 1 fully saturated rings. The number of fused-ring (bicyclic) bond motifs is 3. The van der Waals surface area contributed by atoms with Gasteiger partial charge in [-0.05, 0) is 63.4 Å². The monoisotopic (exact) mass is 262 g/mol. The van der Waals surface area contributed by atoms with Gasteiger partial charge in [0.15, 0.2) is 0 Å². The average Bonchev–Trinajstić information content (AvgIpc) is 2.44. The Bertz CT molecular complexity index is 448. The molecule has 0 aromatic rings. The van der Waals surface area contributed by atoms with E-state index in [1.54, 1.807) is 5.57 Å². The van der Waals surface area contributed by atoms with E-state index in [1.165, 1.54) is 31.3 Å². The van der Waals surface area contributed by atoms with Gasteiger partial charge in [-0.1, -0.05) is 24.1 Å². The molecule has 0 aromatic carbocycles. The zero-order valence-corrected chi connectivity index (χ0v) is 12.2. The van der Waals surface area contributed by atoms with Gasteiger partial charge in [0.1, 0.15) is 5.60 Å². The van der Waals surface area contributed by atoms with Crippen LogP contribution in [0.15, 0.2) is 22.8 Å². The second kappa shape index (κ2) is 4.46. The first kappa shape index (κ1) is 13.4. The molecular formula is C17H26O2. The third kappa shape index (κ3) is 1.84. The fourth-order valence-corrected chi connectivity index (χ4v) is 4.71. The second-order valence-corrected chi connectivity index (χ2v) is 6.95. The predicted octanol–water partition coefficient (Wildman–Crippen LogP) is 3.35. The number of hydrogen-bond donors (Lipinski definition) is 2. The standard InChI is InChI=1S/C17H26O2/c1-12-14-8-7-13-5-3-4-6-15(13)16(14,2)9-10-17(12,19)11-18/h6,13,18-19H,3-5,7-11H2,1-2H3. The normalized spacial score (nSPS) is 42.5. The Labute approximate surface area is 116 Å². The average molecular weight is 262 g/mol. The number of allylic oxidation sites excluding steroid dienone is 3. The summed E-state index contributed by atoms with van der Waals surface area (Å²) >= 11 is 0. The molecule has 0 aliphatic heterocycles. The quantitative estimate of drug-likeness (QED) is 0.711. The molecule has 3 aliphatic carbocycles. The van der Waals surface area contributed by atoms with E-state index < -0.39 is 5.60 Å². The SMILES string of the molecule is CC1=C2CCC3CCCC=C3C2(C)CCC1(O)CO. The fraction of sp³-hybridized carbons (Fsp3) is 0.765. The van der Waals surface area contributed by atoms with Crippen LogP contribution in [-0.2, 0) is 0 Å². The highest BCUT2D eigenvalue weighted by Gasteiger charge is 2.48. The van der Waals surface area contributed by atoms with Crippen molar-refractivity contribution < 1.29 is 10.2 Å². The summed E-state index contributed by atoms with van der Waals surface area (Å²) in [7, 11) is 0. The minimum Gasteiger partial charge on any atom is -0.393 e. The summed E-state index contributed by atoms with van der Waals surface area (Å²) in [6.45, 7) is 4.26. The smallest absolute Gasteiger partial charge is 0.109 e. The summed E-state index contributed by atoms with van der Waals surface area (Å²) in [5.41, 5.74) is 3.30.